The van der Waals surface area contributed by atoms with Gasteiger partial charge < -0.3 is 9.80 Å². The van der Waals surface area contributed by atoms with Crippen LogP contribution in [0.1, 0.15) is 38.5 Å². The SMILES string of the molecule is CN(C)C(=C(C#N)CCCCCCC#N)N(C)C. The molecule has 4 heteroatoms. The molecule has 0 heterocycles. The van der Waals surface area contributed by atoms with Crippen LogP contribution in [-0.4, -0.2) is 38.0 Å². The Morgan fingerprint density at radius 3 is 1.89 bits per heavy atom. The van der Waals surface area contributed by atoms with Crippen LogP contribution in [0.15, 0.2) is 11.4 Å². The average molecular weight is 248 g/mol. The smallest absolute Gasteiger partial charge is 0.117 e. The van der Waals surface area contributed by atoms with Crippen molar-refractivity contribution in [2.24, 2.45) is 0 Å². The minimum Gasteiger partial charge on any atom is -0.364 e. The summed E-state index contributed by atoms with van der Waals surface area (Å²) < 4.78 is 0. The van der Waals surface area contributed by atoms with Crippen molar-refractivity contribution < 1.29 is 0 Å². The van der Waals surface area contributed by atoms with E-state index in [0.717, 1.165) is 43.5 Å². The van der Waals surface area contributed by atoms with Crippen LogP contribution >= 0.6 is 0 Å². The molecule has 100 valence electrons. The molecule has 0 aliphatic carbocycles. The van der Waals surface area contributed by atoms with Gasteiger partial charge in [-0.2, -0.15) is 10.5 Å². The number of nitriles is 2. The van der Waals surface area contributed by atoms with Gasteiger partial charge in [0, 0.05) is 34.6 Å². The lowest BCUT2D eigenvalue weighted by Gasteiger charge is -2.26. The summed E-state index contributed by atoms with van der Waals surface area (Å²) in [7, 11) is 7.83. The van der Waals surface area contributed by atoms with E-state index >= 15 is 0 Å². The summed E-state index contributed by atoms with van der Waals surface area (Å²) in [5.41, 5.74) is 0.838. The van der Waals surface area contributed by atoms with Crippen LogP contribution in [0.4, 0.5) is 0 Å². The van der Waals surface area contributed by atoms with E-state index in [4.69, 9.17) is 5.26 Å². The zero-order valence-electron chi connectivity index (χ0n) is 12.0. The molecule has 0 aliphatic rings. The minimum atomic E-state index is 0.640. The topological polar surface area (TPSA) is 54.1 Å². The molecule has 4 nitrogen and oxygen atoms in total. The van der Waals surface area contributed by atoms with Crippen LogP contribution in [0.5, 0.6) is 0 Å². The van der Waals surface area contributed by atoms with Gasteiger partial charge in [-0.3, -0.25) is 0 Å². The van der Waals surface area contributed by atoms with Crippen molar-refractivity contribution in [2.75, 3.05) is 28.2 Å². The van der Waals surface area contributed by atoms with Crippen molar-refractivity contribution in [1.82, 2.24) is 9.80 Å². The molecule has 0 N–H and O–H groups in total. The first-order valence-electron chi connectivity index (χ1n) is 6.39. The number of rotatable bonds is 8. The zero-order chi connectivity index (χ0) is 14.0. The Balaban J connectivity index is 4.30. The van der Waals surface area contributed by atoms with Gasteiger partial charge in [-0.25, -0.2) is 0 Å². The molecule has 0 aromatic rings. The van der Waals surface area contributed by atoms with Gasteiger partial charge in [-0.15, -0.1) is 0 Å². The van der Waals surface area contributed by atoms with Crippen molar-refractivity contribution in [3.8, 4) is 12.1 Å². The molecule has 0 amide bonds. The van der Waals surface area contributed by atoms with E-state index in [1.807, 2.05) is 38.0 Å². The first kappa shape index (κ1) is 16.3. The third-order valence-electron chi connectivity index (χ3n) is 2.72. The molecule has 0 aliphatic heterocycles. The van der Waals surface area contributed by atoms with E-state index in [0.29, 0.717) is 6.42 Å². The second-order valence-corrected chi connectivity index (χ2v) is 4.78. The summed E-state index contributed by atoms with van der Waals surface area (Å²) in [6, 6.07) is 4.46. The van der Waals surface area contributed by atoms with Gasteiger partial charge in [0.05, 0.1) is 17.7 Å². The van der Waals surface area contributed by atoms with Gasteiger partial charge in [0.15, 0.2) is 0 Å². The van der Waals surface area contributed by atoms with Crippen molar-refractivity contribution in [3.05, 3.63) is 11.4 Å². The van der Waals surface area contributed by atoms with Gasteiger partial charge in [-0.1, -0.05) is 12.8 Å². The van der Waals surface area contributed by atoms with Crippen LogP contribution < -0.4 is 0 Å². The number of hydrogen-bond acceptors (Lipinski definition) is 4. The summed E-state index contributed by atoms with van der Waals surface area (Å²) in [5, 5.41) is 17.7. The lowest BCUT2D eigenvalue weighted by atomic mass is 10.1. The van der Waals surface area contributed by atoms with Crippen molar-refractivity contribution in [2.45, 2.75) is 38.5 Å². The molecular formula is C14H24N4. The average Bonchev–Trinajstić information content (AvgIpc) is 2.30. The molecule has 0 saturated heterocycles. The second-order valence-electron chi connectivity index (χ2n) is 4.78. The molecule has 0 fully saturated rings. The maximum absolute atomic E-state index is 9.23. The van der Waals surface area contributed by atoms with Crippen LogP contribution in [0.25, 0.3) is 0 Å². The second kappa shape index (κ2) is 9.36. The lowest BCUT2D eigenvalue weighted by Crippen LogP contribution is -2.26. The van der Waals surface area contributed by atoms with E-state index in [9.17, 15) is 5.26 Å². The number of nitrogens with zero attached hydrogens (tertiary/aromatic N) is 4. The number of hydrogen-bond donors (Lipinski definition) is 0. The van der Waals surface area contributed by atoms with Gasteiger partial charge >= 0.3 is 0 Å². The third-order valence-corrected chi connectivity index (χ3v) is 2.72. The fourth-order valence-electron chi connectivity index (χ4n) is 2.02. The van der Waals surface area contributed by atoms with Gasteiger partial charge in [0.1, 0.15) is 5.82 Å². The van der Waals surface area contributed by atoms with Gasteiger partial charge in [-0.05, 0) is 19.3 Å². The quantitative estimate of drug-likeness (QED) is 0.489. The molecule has 18 heavy (non-hydrogen) atoms. The van der Waals surface area contributed by atoms with Crippen molar-refractivity contribution >= 4 is 0 Å². The molecule has 0 aromatic carbocycles. The molecule has 0 unspecified atom stereocenters. The standard InChI is InChI=1S/C14H24N4/c1-17(2)14(18(3)4)13(12-16)10-8-6-5-7-9-11-15/h5-10H2,1-4H3. The predicted octanol–water partition coefficient (Wildman–Crippen LogP) is 2.71. The summed E-state index contributed by atoms with van der Waals surface area (Å²) in [6.07, 6.45) is 5.60. The molecule has 0 radical (unpaired) electrons. The first-order valence-corrected chi connectivity index (χ1v) is 6.39. The molecule has 0 atom stereocenters. The summed E-state index contributed by atoms with van der Waals surface area (Å²) >= 11 is 0. The van der Waals surface area contributed by atoms with Gasteiger partial charge in [0.25, 0.3) is 0 Å². The predicted molar refractivity (Wildman–Crippen MR) is 73.3 cm³/mol. The highest BCUT2D eigenvalue weighted by Gasteiger charge is 2.10. The molecule has 0 rings (SSSR count). The zero-order valence-corrected chi connectivity index (χ0v) is 12.0. The Hall–Kier alpha value is -1.68. The van der Waals surface area contributed by atoms with Crippen molar-refractivity contribution in [1.29, 1.82) is 10.5 Å². The first-order chi connectivity index (χ1) is 8.54. The molecular weight excluding hydrogens is 224 g/mol. The fraction of sp³-hybridized carbons (Fsp3) is 0.714. The molecule has 0 bridgehead atoms. The van der Waals surface area contributed by atoms with Crippen molar-refractivity contribution in [3.63, 3.8) is 0 Å². The van der Waals surface area contributed by atoms with Crippen LogP contribution in [0.3, 0.4) is 0 Å². The van der Waals surface area contributed by atoms with Gasteiger partial charge in [0.2, 0.25) is 0 Å². The largest absolute Gasteiger partial charge is 0.364 e. The molecule has 0 aromatic heterocycles. The number of allylic oxidation sites excluding steroid dienone is 1. The summed E-state index contributed by atoms with van der Waals surface area (Å²) in [4.78, 5) is 3.96. The summed E-state index contributed by atoms with van der Waals surface area (Å²) in [5.74, 6) is 0.981. The van der Waals surface area contributed by atoms with Crippen LogP contribution in [0, 0.1) is 22.7 Å². The maximum Gasteiger partial charge on any atom is 0.117 e. The summed E-state index contributed by atoms with van der Waals surface area (Å²) in [6.45, 7) is 0. The lowest BCUT2D eigenvalue weighted by molar-refractivity contribution is 0.336. The van der Waals surface area contributed by atoms with E-state index in [1.54, 1.807) is 0 Å². The van der Waals surface area contributed by atoms with Crippen LogP contribution in [-0.2, 0) is 0 Å². The molecule has 0 saturated carbocycles. The third kappa shape index (κ3) is 6.15. The van der Waals surface area contributed by atoms with E-state index < -0.39 is 0 Å². The highest BCUT2D eigenvalue weighted by atomic mass is 15.3. The van der Waals surface area contributed by atoms with E-state index in [1.165, 1.54) is 0 Å². The fourth-order valence-corrected chi connectivity index (χ4v) is 2.02. The Bertz CT molecular complexity index is 332. The molecule has 0 spiro atoms. The van der Waals surface area contributed by atoms with Crippen LogP contribution in [0.2, 0.25) is 0 Å². The normalized spacial score (nSPS) is 9.22. The Kier molecular flexibility index (Phi) is 8.49. The highest BCUT2D eigenvalue weighted by Crippen LogP contribution is 2.17. The minimum absolute atomic E-state index is 0.640. The Morgan fingerprint density at radius 1 is 0.889 bits per heavy atom. The van der Waals surface area contributed by atoms with E-state index in [2.05, 4.69) is 12.1 Å². The Labute approximate surface area is 111 Å². The van der Waals surface area contributed by atoms with E-state index in [-0.39, 0.29) is 0 Å². The number of unbranched alkanes of at least 4 members (excludes halogenated alkanes) is 4. The monoisotopic (exact) mass is 248 g/mol. The maximum atomic E-state index is 9.23. The Morgan fingerprint density at radius 2 is 1.44 bits per heavy atom. The highest BCUT2D eigenvalue weighted by molar-refractivity contribution is 5.25.